The Kier molecular flexibility index (Phi) is 8.54. The van der Waals surface area contributed by atoms with Gasteiger partial charge in [0.1, 0.15) is 4.90 Å². The van der Waals surface area contributed by atoms with Gasteiger partial charge in [0, 0.05) is 50.3 Å². The van der Waals surface area contributed by atoms with Crippen LogP contribution in [0.1, 0.15) is 16.7 Å². The molecule has 2 unspecified atom stereocenters. The highest BCUT2D eigenvalue weighted by molar-refractivity contribution is 7.89. The summed E-state index contributed by atoms with van der Waals surface area (Å²) in [6, 6.07) is 22.6. The SMILES string of the molecule is NS(=O)(=O)c1ccccc1N1CCN(C(=O)C(Cc2ccc(Cl)cc2)NCC2Cc3ccccc3CN2)CC1. The smallest absolute Gasteiger partial charge is 0.240 e. The molecule has 2 aliphatic rings. The quantitative estimate of drug-likeness (QED) is 0.386. The van der Waals surface area contributed by atoms with Gasteiger partial charge in [-0.1, -0.05) is 60.1 Å². The first-order chi connectivity index (χ1) is 18.8. The van der Waals surface area contributed by atoms with Crippen molar-refractivity contribution >= 4 is 33.2 Å². The summed E-state index contributed by atoms with van der Waals surface area (Å²) in [5.74, 6) is 0.0422. The number of rotatable bonds is 8. The molecule has 3 aromatic rings. The number of fused-ring (bicyclic) bond motifs is 1. The molecule has 0 spiro atoms. The third-order valence-electron chi connectivity index (χ3n) is 7.53. The van der Waals surface area contributed by atoms with E-state index in [2.05, 4.69) is 34.9 Å². The van der Waals surface area contributed by atoms with Crippen LogP contribution >= 0.6 is 11.6 Å². The maximum absolute atomic E-state index is 13.8. The molecule has 10 heteroatoms. The Hall–Kier alpha value is -2.95. The van der Waals surface area contributed by atoms with Crippen molar-refractivity contribution in [1.82, 2.24) is 15.5 Å². The predicted molar refractivity (Wildman–Crippen MR) is 154 cm³/mol. The van der Waals surface area contributed by atoms with Crippen LogP contribution in [0, 0.1) is 0 Å². The number of hydrogen-bond acceptors (Lipinski definition) is 6. The number of piperazine rings is 1. The number of anilines is 1. The fourth-order valence-electron chi connectivity index (χ4n) is 5.40. The average molecular weight is 568 g/mol. The van der Waals surface area contributed by atoms with Crippen LogP contribution in [0.3, 0.4) is 0 Å². The van der Waals surface area contributed by atoms with Crippen molar-refractivity contribution in [3.8, 4) is 0 Å². The number of primary sulfonamides is 1. The molecule has 39 heavy (non-hydrogen) atoms. The second-order valence-electron chi connectivity index (χ2n) is 10.2. The predicted octanol–water partition coefficient (Wildman–Crippen LogP) is 2.55. The molecular formula is C29H34ClN5O3S. The first-order valence-electron chi connectivity index (χ1n) is 13.2. The van der Waals surface area contributed by atoms with Crippen LogP contribution in [-0.4, -0.2) is 64.0 Å². The Morgan fingerprint density at radius 1 is 0.974 bits per heavy atom. The van der Waals surface area contributed by atoms with E-state index >= 15 is 0 Å². The van der Waals surface area contributed by atoms with Gasteiger partial charge in [0.2, 0.25) is 15.9 Å². The molecule has 1 fully saturated rings. The Labute approximate surface area is 235 Å². The van der Waals surface area contributed by atoms with Crippen molar-refractivity contribution < 1.29 is 13.2 Å². The highest BCUT2D eigenvalue weighted by Crippen LogP contribution is 2.25. The third-order valence-corrected chi connectivity index (χ3v) is 8.74. The molecule has 1 saturated heterocycles. The van der Waals surface area contributed by atoms with E-state index in [9.17, 15) is 13.2 Å². The molecule has 0 aliphatic carbocycles. The number of sulfonamides is 1. The largest absolute Gasteiger partial charge is 0.367 e. The van der Waals surface area contributed by atoms with Gasteiger partial charge in [-0.15, -0.1) is 0 Å². The van der Waals surface area contributed by atoms with E-state index in [1.165, 1.54) is 17.2 Å². The van der Waals surface area contributed by atoms with E-state index in [0.29, 0.717) is 49.9 Å². The fraction of sp³-hybridized carbons (Fsp3) is 0.345. The van der Waals surface area contributed by atoms with Gasteiger partial charge < -0.3 is 20.4 Å². The lowest BCUT2D eigenvalue weighted by Crippen LogP contribution is -2.56. The van der Waals surface area contributed by atoms with Crippen LogP contribution in [0.4, 0.5) is 5.69 Å². The number of nitrogens with two attached hydrogens (primary N) is 1. The van der Waals surface area contributed by atoms with Gasteiger partial charge in [-0.25, -0.2) is 13.6 Å². The van der Waals surface area contributed by atoms with E-state index in [1.54, 1.807) is 18.2 Å². The number of benzene rings is 3. The summed E-state index contributed by atoms with van der Waals surface area (Å²) in [6.45, 7) is 3.51. The molecule has 8 nitrogen and oxygen atoms in total. The fourth-order valence-corrected chi connectivity index (χ4v) is 6.28. The van der Waals surface area contributed by atoms with E-state index in [-0.39, 0.29) is 16.8 Å². The molecule has 0 bridgehead atoms. The van der Waals surface area contributed by atoms with Crippen molar-refractivity contribution in [1.29, 1.82) is 0 Å². The van der Waals surface area contributed by atoms with Gasteiger partial charge >= 0.3 is 0 Å². The maximum Gasteiger partial charge on any atom is 0.240 e. The number of para-hydroxylation sites is 1. The lowest BCUT2D eigenvalue weighted by atomic mass is 9.95. The average Bonchev–Trinajstić information content (AvgIpc) is 2.95. The molecule has 4 N–H and O–H groups in total. The van der Waals surface area contributed by atoms with Crippen molar-refractivity contribution in [2.75, 3.05) is 37.6 Å². The van der Waals surface area contributed by atoms with Crippen molar-refractivity contribution in [2.24, 2.45) is 5.14 Å². The third kappa shape index (κ3) is 6.80. The van der Waals surface area contributed by atoms with E-state index < -0.39 is 16.1 Å². The molecule has 2 heterocycles. The summed E-state index contributed by atoms with van der Waals surface area (Å²) in [5.41, 5.74) is 4.28. The Bertz CT molecular complexity index is 1410. The number of carbonyl (C=O) groups excluding carboxylic acids is 1. The van der Waals surface area contributed by atoms with Crippen LogP contribution in [0.25, 0.3) is 0 Å². The second-order valence-corrected chi connectivity index (χ2v) is 12.1. The van der Waals surface area contributed by atoms with Crippen LogP contribution in [0.5, 0.6) is 0 Å². The summed E-state index contributed by atoms with van der Waals surface area (Å²) in [5, 5.41) is 13.3. The van der Waals surface area contributed by atoms with Crippen molar-refractivity contribution in [2.45, 2.75) is 36.4 Å². The number of amides is 1. The molecule has 0 aromatic heterocycles. The van der Waals surface area contributed by atoms with Gasteiger partial charge in [0.05, 0.1) is 11.7 Å². The van der Waals surface area contributed by atoms with Gasteiger partial charge in [-0.2, -0.15) is 0 Å². The van der Waals surface area contributed by atoms with Gasteiger partial charge in [-0.3, -0.25) is 4.79 Å². The number of carbonyl (C=O) groups is 1. The number of nitrogens with zero attached hydrogens (tertiary/aromatic N) is 2. The minimum Gasteiger partial charge on any atom is -0.367 e. The van der Waals surface area contributed by atoms with Gasteiger partial charge in [-0.05, 0) is 53.8 Å². The van der Waals surface area contributed by atoms with E-state index in [4.69, 9.17) is 16.7 Å². The first kappa shape index (κ1) is 27.6. The van der Waals surface area contributed by atoms with Crippen molar-refractivity contribution in [3.05, 3.63) is 94.5 Å². The van der Waals surface area contributed by atoms with E-state index in [1.807, 2.05) is 34.1 Å². The van der Waals surface area contributed by atoms with Crippen molar-refractivity contribution in [3.63, 3.8) is 0 Å². The molecule has 0 radical (unpaired) electrons. The molecule has 3 aromatic carbocycles. The van der Waals surface area contributed by atoms with Crippen LogP contribution in [-0.2, 0) is 34.2 Å². The zero-order valence-electron chi connectivity index (χ0n) is 21.7. The maximum atomic E-state index is 13.8. The topological polar surface area (TPSA) is 108 Å². The highest BCUT2D eigenvalue weighted by Gasteiger charge is 2.30. The van der Waals surface area contributed by atoms with Gasteiger partial charge in [0.25, 0.3) is 0 Å². The minimum absolute atomic E-state index is 0.0422. The second kappa shape index (κ2) is 12.1. The summed E-state index contributed by atoms with van der Waals surface area (Å²) >= 11 is 6.09. The molecule has 206 valence electrons. The lowest BCUT2D eigenvalue weighted by Gasteiger charge is -2.38. The first-order valence-corrected chi connectivity index (χ1v) is 15.1. The zero-order valence-corrected chi connectivity index (χ0v) is 23.3. The van der Waals surface area contributed by atoms with Crippen LogP contribution < -0.4 is 20.7 Å². The molecule has 2 aliphatic heterocycles. The zero-order chi connectivity index (χ0) is 27.4. The number of hydrogen-bond donors (Lipinski definition) is 3. The summed E-state index contributed by atoms with van der Waals surface area (Å²) < 4.78 is 24.2. The Morgan fingerprint density at radius 2 is 1.64 bits per heavy atom. The number of halogens is 1. The Morgan fingerprint density at radius 3 is 2.36 bits per heavy atom. The molecular weight excluding hydrogens is 534 g/mol. The lowest BCUT2D eigenvalue weighted by molar-refractivity contribution is -0.133. The summed E-state index contributed by atoms with van der Waals surface area (Å²) in [4.78, 5) is 17.7. The summed E-state index contributed by atoms with van der Waals surface area (Å²) in [7, 11) is -3.85. The normalized spacial score (nSPS) is 18.5. The molecule has 2 atom stereocenters. The number of nitrogens with one attached hydrogen (secondary N) is 2. The van der Waals surface area contributed by atoms with E-state index in [0.717, 1.165) is 18.5 Å². The standard InChI is InChI=1S/C29H34ClN5O3S/c30-24-11-9-21(10-12-24)17-26(33-20-25-18-22-5-1-2-6-23(22)19-32-25)29(36)35-15-13-34(14-16-35)27-7-3-4-8-28(27)39(31,37)38/h1-12,25-26,32-33H,13-20H2,(H2,31,37,38). The van der Waals surface area contributed by atoms with Crippen LogP contribution in [0.2, 0.25) is 5.02 Å². The summed E-state index contributed by atoms with van der Waals surface area (Å²) in [6.07, 6.45) is 1.46. The Balaban J connectivity index is 1.26. The molecule has 1 amide bonds. The van der Waals surface area contributed by atoms with Gasteiger partial charge in [0.15, 0.2) is 0 Å². The molecule has 0 saturated carbocycles. The minimum atomic E-state index is -3.85. The molecule has 5 rings (SSSR count). The highest BCUT2D eigenvalue weighted by atomic mass is 35.5. The van der Waals surface area contributed by atoms with Crippen LogP contribution in [0.15, 0.2) is 77.7 Å². The monoisotopic (exact) mass is 567 g/mol.